The average molecular weight is 828 g/mol. The van der Waals surface area contributed by atoms with E-state index in [9.17, 15) is 0 Å². The van der Waals surface area contributed by atoms with Gasteiger partial charge < -0.3 is 4.90 Å². The second kappa shape index (κ2) is 17.7. The lowest BCUT2D eigenvalue weighted by Gasteiger charge is -2.30. The van der Waals surface area contributed by atoms with Crippen LogP contribution in [0.5, 0.6) is 0 Å². The minimum absolute atomic E-state index is 1.07. The summed E-state index contributed by atoms with van der Waals surface area (Å²) in [6.45, 7) is 0. The van der Waals surface area contributed by atoms with Crippen molar-refractivity contribution in [3.8, 4) is 77.9 Å². The highest BCUT2D eigenvalue weighted by Crippen LogP contribution is 2.48. The van der Waals surface area contributed by atoms with E-state index in [1.165, 1.54) is 88.7 Å². The van der Waals surface area contributed by atoms with Crippen LogP contribution in [0, 0.1) is 0 Å². The van der Waals surface area contributed by atoms with Gasteiger partial charge >= 0.3 is 0 Å². The van der Waals surface area contributed by atoms with Crippen molar-refractivity contribution < 1.29 is 0 Å². The van der Waals surface area contributed by atoms with E-state index in [0.29, 0.717) is 0 Å². The van der Waals surface area contributed by atoms with E-state index in [1.54, 1.807) is 0 Å². The van der Waals surface area contributed by atoms with Gasteiger partial charge in [-0.25, -0.2) is 0 Å². The Bertz CT molecular complexity index is 3360. The largest absolute Gasteiger partial charge is 0.310 e. The van der Waals surface area contributed by atoms with Crippen LogP contribution in [0.2, 0.25) is 0 Å². The monoisotopic (exact) mass is 827 g/mol. The van der Waals surface area contributed by atoms with Gasteiger partial charge in [-0.15, -0.1) is 0 Å². The fourth-order valence-corrected chi connectivity index (χ4v) is 9.18. The second-order valence-electron chi connectivity index (χ2n) is 16.5. The Hall–Kier alpha value is -8.52. The van der Waals surface area contributed by atoms with Crippen molar-refractivity contribution in [2.75, 3.05) is 4.90 Å². The minimum atomic E-state index is 1.07. The van der Waals surface area contributed by atoms with Gasteiger partial charge in [-0.1, -0.05) is 237 Å². The lowest BCUT2D eigenvalue weighted by molar-refractivity contribution is 1.28. The number of benzene rings is 11. The predicted molar refractivity (Wildman–Crippen MR) is 277 cm³/mol. The number of hydrogen-bond acceptors (Lipinski definition) is 1. The van der Waals surface area contributed by atoms with Crippen molar-refractivity contribution >= 4 is 27.8 Å². The lowest BCUT2D eigenvalue weighted by Crippen LogP contribution is -2.12. The summed E-state index contributed by atoms with van der Waals surface area (Å²) in [6, 6.07) is 98.9. The van der Waals surface area contributed by atoms with Crippen LogP contribution in [0.25, 0.3) is 88.7 Å². The van der Waals surface area contributed by atoms with Crippen LogP contribution >= 0.6 is 0 Å². The van der Waals surface area contributed by atoms with E-state index in [2.05, 4.69) is 278 Å². The maximum absolute atomic E-state index is 2.43. The second-order valence-corrected chi connectivity index (χ2v) is 16.5. The maximum atomic E-state index is 2.43. The number of rotatable bonds is 10. The highest BCUT2D eigenvalue weighted by molar-refractivity contribution is 6.01. The molecule has 11 aromatic carbocycles. The summed E-state index contributed by atoms with van der Waals surface area (Å²) in [4.78, 5) is 2.43. The normalized spacial score (nSPS) is 11.1. The van der Waals surface area contributed by atoms with Crippen LogP contribution in [0.15, 0.2) is 273 Å². The maximum Gasteiger partial charge on any atom is 0.0546 e. The fraction of sp³-hybridized carbons (Fsp3) is 0. The molecule has 306 valence electrons. The molecule has 1 nitrogen and oxygen atoms in total. The molecule has 0 fully saturated rings. The molecule has 0 amide bonds. The van der Waals surface area contributed by atoms with Crippen molar-refractivity contribution in [3.63, 3.8) is 0 Å². The lowest BCUT2D eigenvalue weighted by atomic mass is 9.87. The van der Waals surface area contributed by atoms with E-state index < -0.39 is 0 Å². The van der Waals surface area contributed by atoms with E-state index in [1.807, 2.05) is 0 Å². The molecule has 0 N–H and O–H groups in total. The molecule has 0 saturated heterocycles. The van der Waals surface area contributed by atoms with Gasteiger partial charge in [-0.3, -0.25) is 0 Å². The molecule has 0 spiro atoms. The van der Waals surface area contributed by atoms with Crippen molar-refractivity contribution in [1.29, 1.82) is 0 Å². The quantitative estimate of drug-likeness (QED) is 0.133. The van der Waals surface area contributed by atoms with Crippen molar-refractivity contribution in [3.05, 3.63) is 273 Å². The summed E-state index contributed by atoms with van der Waals surface area (Å²) >= 11 is 0. The fourth-order valence-electron chi connectivity index (χ4n) is 9.18. The Balaban J connectivity index is 1.02. The molecule has 0 aliphatic rings. The molecule has 0 bridgehead atoms. The van der Waals surface area contributed by atoms with E-state index in [-0.39, 0.29) is 0 Å². The topological polar surface area (TPSA) is 3.24 Å². The molecule has 11 rings (SSSR count). The Morgan fingerprint density at radius 3 is 1.08 bits per heavy atom. The summed E-state index contributed by atoms with van der Waals surface area (Å²) in [5.74, 6) is 0. The van der Waals surface area contributed by atoms with Crippen LogP contribution in [-0.4, -0.2) is 0 Å². The molecule has 65 heavy (non-hydrogen) atoms. The van der Waals surface area contributed by atoms with Gasteiger partial charge in [0.1, 0.15) is 0 Å². The molecular weight excluding hydrogens is 783 g/mol. The number of anilines is 3. The van der Waals surface area contributed by atoms with Gasteiger partial charge in [-0.2, -0.15) is 0 Å². The first-order valence-corrected chi connectivity index (χ1v) is 22.3. The first-order valence-electron chi connectivity index (χ1n) is 22.3. The van der Waals surface area contributed by atoms with Crippen LogP contribution < -0.4 is 4.90 Å². The van der Waals surface area contributed by atoms with Crippen LogP contribution in [-0.2, 0) is 0 Å². The van der Waals surface area contributed by atoms with Crippen molar-refractivity contribution in [2.24, 2.45) is 0 Å². The van der Waals surface area contributed by atoms with Gasteiger partial charge in [0.2, 0.25) is 0 Å². The van der Waals surface area contributed by atoms with Crippen molar-refractivity contribution in [1.82, 2.24) is 0 Å². The van der Waals surface area contributed by atoms with E-state index in [4.69, 9.17) is 0 Å². The van der Waals surface area contributed by atoms with Crippen molar-refractivity contribution in [2.45, 2.75) is 0 Å². The molecule has 0 aromatic heterocycles. The Kier molecular flexibility index (Phi) is 10.7. The molecule has 0 aliphatic heterocycles. The summed E-state index contributed by atoms with van der Waals surface area (Å²) in [5.41, 5.74) is 19.9. The molecule has 0 unspecified atom stereocenters. The van der Waals surface area contributed by atoms with Gasteiger partial charge in [0.25, 0.3) is 0 Å². The molecule has 11 aromatic rings. The molecule has 0 heterocycles. The zero-order valence-electron chi connectivity index (χ0n) is 35.9. The highest BCUT2D eigenvalue weighted by atomic mass is 15.1. The summed E-state index contributed by atoms with van der Waals surface area (Å²) in [6.07, 6.45) is 0. The van der Waals surface area contributed by atoms with Crippen LogP contribution in [0.1, 0.15) is 0 Å². The zero-order valence-corrected chi connectivity index (χ0v) is 35.9. The first-order chi connectivity index (χ1) is 32.2. The summed E-state index contributed by atoms with van der Waals surface area (Å²) in [5, 5.41) is 2.51. The van der Waals surface area contributed by atoms with E-state index >= 15 is 0 Å². The molecule has 0 saturated carbocycles. The van der Waals surface area contributed by atoms with Gasteiger partial charge in [-0.05, 0) is 119 Å². The van der Waals surface area contributed by atoms with Crippen LogP contribution in [0.3, 0.4) is 0 Å². The number of fused-ring (bicyclic) bond motifs is 1. The third-order valence-electron chi connectivity index (χ3n) is 12.5. The molecule has 0 atom stereocenters. The molecule has 1 heteroatoms. The summed E-state index contributed by atoms with van der Waals surface area (Å²) < 4.78 is 0. The third-order valence-corrected chi connectivity index (χ3v) is 12.5. The SMILES string of the molecule is c1ccc(-c2ccc(-c3ccc(N(c4ccc(-c5ccc(-c6ccc7ccccc7c6)cc5)cc4)c4cccc(-c5ccccc5)c4-c4ccccc4-c4ccccc4)cc3)cc2)cc1. The minimum Gasteiger partial charge on any atom is -0.310 e. The smallest absolute Gasteiger partial charge is 0.0546 e. The molecule has 0 aliphatic carbocycles. The average Bonchev–Trinajstić information content (AvgIpc) is 3.40. The molecular formula is C64H45N. The number of nitrogens with zero attached hydrogens (tertiary/aromatic N) is 1. The van der Waals surface area contributed by atoms with Gasteiger partial charge in [0, 0.05) is 16.9 Å². The Labute approximate surface area is 381 Å². The van der Waals surface area contributed by atoms with E-state index in [0.717, 1.165) is 17.1 Å². The Morgan fingerprint density at radius 1 is 0.200 bits per heavy atom. The predicted octanol–water partition coefficient (Wildman–Crippen LogP) is 18.0. The third kappa shape index (κ3) is 8.04. The molecule has 0 radical (unpaired) electrons. The standard InChI is InChI=1S/C64H45N/c1-4-15-46(16-5-1)48-27-29-49(30-28-48)51-37-41-58(42-38-51)65(59-43-39-52(40-44-59)50-31-33-53(34-32-50)57-36-35-47-17-10-11-22-56(47)45-57)63-26-14-25-61(55-20-8-3-9-21-55)64(63)62-24-13-12-23-60(62)54-18-6-2-7-19-54/h1-45H. The first kappa shape index (κ1) is 39.3. The highest BCUT2D eigenvalue weighted by Gasteiger charge is 2.23. The van der Waals surface area contributed by atoms with Crippen LogP contribution in [0.4, 0.5) is 17.1 Å². The number of hydrogen-bond donors (Lipinski definition) is 0. The van der Waals surface area contributed by atoms with Gasteiger partial charge in [0.05, 0.1) is 5.69 Å². The Morgan fingerprint density at radius 2 is 0.554 bits per heavy atom. The van der Waals surface area contributed by atoms with Gasteiger partial charge in [0.15, 0.2) is 0 Å². The summed E-state index contributed by atoms with van der Waals surface area (Å²) in [7, 11) is 0. The zero-order chi connectivity index (χ0) is 43.4.